The number of carbonyl (C=O) groups excluding carboxylic acids is 1. The summed E-state index contributed by atoms with van der Waals surface area (Å²) in [7, 11) is 1.79. The summed E-state index contributed by atoms with van der Waals surface area (Å²) in [5, 5.41) is 4.11. The summed E-state index contributed by atoms with van der Waals surface area (Å²) in [6.07, 6.45) is 3.15. The van der Waals surface area contributed by atoms with Gasteiger partial charge in [-0.1, -0.05) is 24.3 Å². The SMILES string of the molecule is Cc1cccc(OCC(=O)N(C)[C@H](C)c2ccc(-n3cncn3)cc2)c1. The Morgan fingerprint density at radius 1 is 1.23 bits per heavy atom. The maximum absolute atomic E-state index is 12.4. The number of benzene rings is 2. The number of likely N-dealkylation sites (N-methyl/N-ethyl adjacent to an activating group) is 1. The summed E-state index contributed by atoms with van der Waals surface area (Å²) in [5.74, 6) is 0.635. The monoisotopic (exact) mass is 350 g/mol. The fourth-order valence-corrected chi connectivity index (χ4v) is 2.64. The minimum absolute atomic E-state index is 0.0152. The van der Waals surface area contributed by atoms with Gasteiger partial charge in [0.25, 0.3) is 5.91 Å². The number of hydrogen-bond acceptors (Lipinski definition) is 4. The summed E-state index contributed by atoms with van der Waals surface area (Å²) < 4.78 is 7.31. The maximum Gasteiger partial charge on any atom is 0.260 e. The first-order valence-electron chi connectivity index (χ1n) is 8.44. The first-order chi connectivity index (χ1) is 12.5. The van der Waals surface area contributed by atoms with Crippen molar-refractivity contribution in [2.45, 2.75) is 19.9 Å². The van der Waals surface area contributed by atoms with E-state index < -0.39 is 0 Å². The number of nitrogens with zero attached hydrogens (tertiary/aromatic N) is 4. The molecule has 6 heteroatoms. The van der Waals surface area contributed by atoms with Crippen LogP contribution < -0.4 is 4.74 Å². The van der Waals surface area contributed by atoms with Crippen LogP contribution in [0, 0.1) is 6.92 Å². The van der Waals surface area contributed by atoms with E-state index in [0.717, 1.165) is 16.8 Å². The molecule has 0 N–H and O–H groups in total. The highest BCUT2D eigenvalue weighted by Crippen LogP contribution is 2.21. The van der Waals surface area contributed by atoms with Gasteiger partial charge in [-0.25, -0.2) is 9.67 Å². The second-order valence-corrected chi connectivity index (χ2v) is 6.22. The van der Waals surface area contributed by atoms with Crippen molar-refractivity contribution in [1.82, 2.24) is 19.7 Å². The second-order valence-electron chi connectivity index (χ2n) is 6.22. The Morgan fingerprint density at radius 2 is 2.00 bits per heavy atom. The molecule has 0 saturated heterocycles. The standard InChI is InChI=1S/C20H22N4O2/c1-15-5-4-6-19(11-15)26-12-20(25)23(3)16(2)17-7-9-18(10-8-17)24-14-21-13-22-24/h4-11,13-14,16H,12H2,1-3H3/t16-/m1/s1. The lowest BCUT2D eigenvalue weighted by Gasteiger charge is -2.25. The number of aryl methyl sites for hydroxylation is 1. The summed E-state index contributed by atoms with van der Waals surface area (Å²) in [5.41, 5.74) is 3.07. The normalized spacial score (nSPS) is 11.8. The van der Waals surface area contributed by atoms with Crippen molar-refractivity contribution in [3.8, 4) is 11.4 Å². The Balaban J connectivity index is 1.61. The maximum atomic E-state index is 12.4. The zero-order chi connectivity index (χ0) is 18.5. The van der Waals surface area contributed by atoms with Crippen LogP contribution in [-0.4, -0.2) is 39.2 Å². The topological polar surface area (TPSA) is 60.2 Å². The molecule has 0 aliphatic heterocycles. The first-order valence-corrected chi connectivity index (χ1v) is 8.44. The lowest BCUT2D eigenvalue weighted by molar-refractivity contribution is -0.134. The van der Waals surface area contributed by atoms with E-state index in [1.807, 2.05) is 62.4 Å². The van der Waals surface area contributed by atoms with E-state index >= 15 is 0 Å². The first kappa shape index (κ1) is 17.7. The van der Waals surface area contributed by atoms with Gasteiger partial charge in [-0.2, -0.15) is 5.10 Å². The molecule has 1 heterocycles. The third-order valence-electron chi connectivity index (χ3n) is 4.38. The summed E-state index contributed by atoms with van der Waals surface area (Å²) in [6.45, 7) is 4.00. The zero-order valence-electron chi connectivity index (χ0n) is 15.2. The van der Waals surface area contributed by atoms with E-state index in [4.69, 9.17) is 4.74 Å². The Labute approximate surface area is 153 Å². The Kier molecular flexibility index (Phi) is 5.31. The van der Waals surface area contributed by atoms with E-state index in [-0.39, 0.29) is 18.6 Å². The molecular weight excluding hydrogens is 328 g/mol. The number of aromatic nitrogens is 3. The van der Waals surface area contributed by atoms with E-state index in [9.17, 15) is 4.79 Å². The van der Waals surface area contributed by atoms with Gasteiger partial charge in [0.1, 0.15) is 18.4 Å². The van der Waals surface area contributed by atoms with Crippen LogP contribution in [0.3, 0.4) is 0 Å². The van der Waals surface area contributed by atoms with Crippen LogP contribution in [0.2, 0.25) is 0 Å². The summed E-state index contributed by atoms with van der Waals surface area (Å²) in [4.78, 5) is 18.1. The molecule has 0 saturated carbocycles. The largest absolute Gasteiger partial charge is 0.484 e. The Morgan fingerprint density at radius 3 is 2.65 bits per heavy atom. The number of carbonyl (C=O) groups is 1. The third-order valence-corrected chi connectivity index (χ3v) is 4.38. The molecule has 3 aromatic rings. The van der Waals surface area contributed by atoms with Crippen molar-refractivity contribution in [1.29, 1.82) is 0 Å². The van der Waals surface area contributed by atoms with Gasteiger partial charge in [-0.3, -0.25) is 4.79 Å². The number of ether oxygens (including phenoxy) is 1. The third kappa shape index (κ3) is 4.08. The van der Waals surface area contributed by atoms with Gasteiger partial charge >= 0.3 is 0 Å². The predicted octanol–water partition coefficient (Wildman–Crippen LogP) is 3.17. The molecule has 1 atom stereocenters. The van der Waals surface area contributed by atoms with Crippen LogP contribution in [0.4, 0.5) is 0 Å². The van der Waals surface area contributed by atoms with Crippen molar-refractivity contribution >= 4 is 5.91 Å². The lowest BCUT2D eigenvalue weighted by Crippen LogP contribution is -2.33. The van der Waals surface area contributed by atoms with Crippen molar-refractivity contribution in [2.24, 2.45) is 0 Å². The highest BCUT2D eigenvalue weighted by molar-refractivity contribution is 5.78. The van der Waals surface area contributed by atoms with Crippen LogP contribution in [0.5, 0.6) is 5.75 Å². The zero-order valence-corrected chi connectivity index (χ0v) is 15.2. The molecule has 0 fully saturated rings. The average Bonchev–Trinajstić information content (AvgIpc) is 3.20. The molecule has 0 bridgehead atoms. The summed E-state index contributed by atoms with van der Waals surface area (Å²) in [6, 6.07) is 15.5. The Bertz CT molecular complexity index is 860. The molecule has 0 spiro atoms. The predicted molar refractivity (Wildman–Crippen MR) is 99.2 cm³/mol. The van der Waals surface area contributed by atoms with Crippen LogP contribution in [0.1, 0.15) is 24.1 Å². The molecule has 6 nitrogen and oxygen atoms in total. The van der Waals surface area contributed by atoms with Crippen molar-refractivity contribution in [3.63, 3.8) is 0 Å². The molecule has 0 radical (unpaired) electrons. The van der Waals surface area contributed by atoms with Crippen molar-refractivity contribution < 1.29 is 9.53 Å². The number of rotatable bonds is 6. The summed E-state index contributed by atoms with van der Waals surface area (Å²) >= 11 is 0. The molecule has 2 aromatic carbocycles. The van der Waals surface area contributed by atoms with Gasteiger partial charge in [-0.15, -0.1) is 0 Å². The molecule has 3 rings (SSSR count). The molecule has 0 aliphatic rings. The minimum atomic E-state index is -0.0700. The van der Waals surface area contributed by atoms with E-state index in [2.05, 4.69) is 10.1 Å². The van der Waals surface area contributed by atoms with Gasteiger partial charge < -0.3 is 9.64 Å². The smallest absolute Gasteiger partial charge is 0.260 e. The molecule has 26 heavy (non-hydrogen) atoms. The quantitative estimate of drug-likeness (QED) is 0.685. The van der Waals surface area contributed by atoms with Gasteiger partial charge in [0.05, 0.1) is 11.7 Å². The number of amides is 1. The van der Waals surface area contributed by atoms with E-state index in [0.29, 0.717) is 5.75 Å². The highest BCUT2D eigenvalue weighted by Gasteiger charge is 2.18. The van der Waals surface area contributed by atoms with Gasteiger partial charge in [0.15, 0.2) is 6.61 Å². The second kappa shape index (κ2) is 7.82. The van der Waals surface area contributed by atoms with Crippen LogP contribution in [0.25, 0.3) is 5.69 Å². The highest BCUT2D eigenvalue weighted by atomic mass is 16.5. The molecule has 1 aromatic heterocycles. The van der Waals surface area contributed by atoms with Gasteiger partial charge in [0.2, 0.25) is 0 Å². The molecule has 0 unspecified atom stereocenters. The van der Waals surface area contributed by atoms with Gasteiger partial charge in [-0.05, 0) is 49.2 Å². The molecule has 0 aliphatic carbocycles. The minimum Gasteiger partial charge on any atom is -0.484 e. The fourth-order valence-electron chi connectivity index (χ4n) is 2.64. The van der Waals surface area contributed by atoms with Crippen LogP contribution >= 0.6 is 0 Å². The molecule has 1 amide bonds. The van der Waals surface area contributed by atoms with Crippen molar-refractivity contribution in [2.75, 3.05) is 13.7 Å². The Hall–Kier alpha value is -3.15. The number of hydrogen-bond donors (Lipinski definition) is 0. The molecule has 134 valence electrons. The van der Waals surface area contributed by atoms with Gasteiger partial charge in [0, 0.05) is 7.05 Å². The van der Waals surface area contributed by atoms with Crippen molar-refractivity contribution in [3.05, 3.63) is 72.3 Å². The van der Waals surface area contributed by atoms with Crippen LogP contribution in [-0.2, 0) is 4.79 Å². The lowest BCUT2D eigenvalue weighted by atomic mass is 10.1. The van der Waals surface area contributed by atoms with Crippen LogP contribution in [0.15, 0.2) is 61.2 Å². The van der Waals surface area contributed by atoms with E-state index in [1.54, 1.807) is 23.0 Å². The molecular formula is C20H22N4O2. The average molecular weight is 350 g/mol. The fraction of sp³-hybridized carbons (Fsp3) is 0.250. The van der Waals surface area contributed by atoms with E-state index in [1.165, 1.54) is 6.33 Å².